The van der Waals surface area contributed by atoms with Crippen molar-refractivity contribution in [3.8, 4) is 5.75 Å². The Balaban J connectivity index is 1.86. The predicted molar refractivity (Wildman–Crippen MR) is 82.3 cm³/mol. The molecule has 0 saturated carbocycles. The molecule has 1 aliphatic heterocycles. The maximum absolute atomic E-state index is 12.2. The maximum Gasteiger partial charge on any atom is 0.255 e. The molecule has 5 nitrogen and oxygen atoms in total. The smallest absolute Gasteiger partial charge is 0.255 e. The minimum atomic E-state index is -0.510. The molecular weight excluding hydrogens is 280 g/mol. The lowest BCUT2D eigenvalue weighted by Gasteiger charge is -2.31. The first-order valence-corrected chi connectivity index (χ1v) is 7.02. The number of fused-ring (bicyclic) bond motifs is 1. The van der Waals surface area contributed by atoms with E-state index in [1.807, 2.05) is 13.8 Å². The molecule has 22 heavy (non-hydrogen) atoms. The molecule has 1 N–H and O–H groups in total. The van der Waals surface area contributed by atoms with Gasteiger partial charge in [0.05, 0.1) is 23.9 Å². The van der Waals surface area contributed by atoms with Gasteiger partial charge in [-0.05, 0) is 44.2 Å². The van der Waals surface area contributed by atoms with E-state index < -0.39 is 5.60 Å². The van der Waals surface area contributed by atoms with E-state index in [1.54, 1.807) is 42.7 Å². The highest BCUT2D eigenvalue weighted by molar-refractivity contribution is 6.07. The second-order valence-electron chi connectivity index (χ2n) is 5.87. The van der Waals surface area contributed by atoms with Gasteiger partial charge in [0, 0.05) is 11.8 Å². The van der Waals surface area contributed by atoms with Gasteiger partial charge in [0.1, 0.15) is 11.4 Å². The number of aromatic nitrogens is 1. The topological polar surface area (TPSA) is 68.3 Å². The number of ketones is 1. The van der Waals surface area contributed by atoms with Crippen molar-refractivity contribution in [3.63, 3.8) is 0 Å². The van der Waals surface area contributed by atoms with E-state index >= 15 is 0 Å². The number of benzene rings is 1. The molecule has 1 aromatic carbocycles. The zero-order valence-corrected chi connectivity index (χ0v) is 12.4. The van der Waals surface area contributed by atoms with Crippen LogP contribution >= 0.6 is 0 Å². The van der Waals surface area contributed by atoms with Crippen molar-refractivity contribution in [2.45, 2.75) is 25.9 Å². The third-order valence-electron chi connectivity index (χ3n) is 3.43. The third-order valence-corrected chi connectivity index (χ3v) is 3.43. The van der Waals surface area contributed by atoms with Crippen LogP contribution in [0.3, 0.4) is 0 Å². The summed E-state index contributed by atoms with van der Waals surface area (Å²) in [6.07, 6.45) is 3.49. The number of nitrogens with one attached hydrogen (secondary N) is 1. The van der Waals surface area contributed by atoms with Crippen molar-refractivity contribution >= 4 is 17.4 Å². The van der Waals surface area contributed by atoms with E-state index in [2.05, 4.69) is 10.3 Å². The summed E-state index contributed by atoms with van der Waals surface area (Å²) < 4.78 is 5.78. The highest BCUT2D eigenvalue weighted by atomic mass is 16.5. The molecule has 1 aliphatic rings. The summed E-state index contributed by atoms with van der Waals surface area (Å²) in [6, 6.07) is 8.39. The van der Waals surface area contributed by atoms with Gasteiger partial charge < -0.3 is 10.1 Å². The van der Waals surface area contributed by atoms with Crippen LogP contribution in [0.5, 0.6) is 5.75 Å². The quantitative estimate of drug-likeness (QED) is 0.924. The van der Waals surface area contributed by atoms with Crippen LogP contribution in [-0.2, 0) is 0 Å². The first kappa shape index (κ1) is 14.3. The molecule has 112 valence electrons. The lowest BCUT2D eigenvalue weighted by molar-refractivity contribution is 0.0620. The Labute approximate surface area is 128 Å². The summed E-state index contributed by atoms with van der Waals surface area (Å²) in [6.45, 7) is 3.74. The molecule has 0 radical (unpaired) electrons. The molecule has 0 unspecified atom stereocenters. The number of Topliss-reactive ketones (excluding diaryl/α,β-unsaturated/α-hetero) is 1. The molecule has 0 aliphatic carbocycles. The van der Waals surface area contributed by atoms with Gasteiger partial charge in [-0.1, -0.05) is 0 Å². The minimum Gasteiger partial charge on any atom is -0.487 e. The SMILES string of the molecule is CC1(C)CC(=O)c2cc(C(=O)Nc3cccnc3)ccc2O1. The predicted octanol–water partition coefficient (Wildman–Crippen LogP) is 3.08. The number of amides is 1. The summed E-state index contributed by atoms with van der Waals surface area (Å²) >= 11 is 0. The maximum atomic E-state index is 12.2. The zero-order valence-electron chi connectivity index (χ0n) is 12.4. The Morgan fingerprint density at radius 1 is 1.32 bits per heavy atom. The summed E-state index contributed by atoms with van der Waals surface area (Å²) in [5.41, 5.74) is 0.968. The second kappa shape index (κ2) is 5.26. The Morgan fingerprint density at radius 3 is 2.86 bits per heavy atom. The molecule has 0 saturated heterocycles. The molecule has 3 rings (SSSR count). The largest absolute Gasteiger partial charge is 0.487 e. The van der Waals surface area contributed by atoms with Gasteiger partial charge in [0.25, 0.3) is 5.91 Å². The molecule has 0 atom stereocenters. The number of pyridine rings is 1. The fourth-order valence-corrected chi connectivity index (χ4v) is 2.43. The Kier molecular flexibility index (Phi) is 3.41. The normalized spacial score (nSPS) is 15.6. The van der Waals surface area contributed by atoms with E-state index in [0.717, 1.165) is 0 Å². The molecule has 1 aromatic heterocycles. The summed E-state index contributed by atoms with van der Waals surface area (Å²) in [4.78, 5) is 28.4. The Bertz CT molecular complexity index is 739. The first-order valence-electron chi connectivity index (χ1n) is 7.02. The number of nitrogens with zero attached hydrogens (tertiary/aromatic N) is 1. The first-order chi connectivity index (χ1) is 10.4. The van der Waals surface area contributed by atoms with E-state index in [0.29, 0.717) is 29.0 Å². The number of carbonyl (C=O) groups excluding carboxylic acids is 2. The highest BCUT2D eigenvalue weighted by Gasteiger charge is 2.32. The van der Waals surface area contributed by atoms with Crippen LogP contribution in [0.25, 0.3) is 0 Å². The number of rotatable bonds is 2. The van der Waals surface area contributed by atoms with Crippen LogP contribution in [0.1, 0.15) is 41.0 Å². The zero-order chi connectivity index (χ0) is 15.7. The third kappa shape index (κ3) is 2.83. The van der Waals surface area contributed by atoms with Crippen LogP contribution in [0.15, 0.2) is 42.7 Å². The van der Waals surface area contributed by atoms with Gasteiger partial charge in [0.2, 0.25) is 0 Å². The van der Waals surface area contributed by atoms with Crippen molar-refractivity contribution in [1.82, 2.24) is 4.98 Å². The fourth-order valence-electron chi connectivity index (χ4n) is 2.43. The van der Waals surface area contributed by atoms with Crippen molar-refractivity contribution in [1.29, 1.82) is 0 Å². The van der Waals surface area contributed by atoms with Gasteiger partial charge in [-0.2, -0.15) is 0 Å². The van der Waals surface area contributed by atoms with Gasteiger partial charge in [-0.3, -0.25) is 14.6 Å². The number of hydrogen-bond acceptors (Lipinski definition) is 4. The summed E-state index contributed by atoms with van der Waals surface area (Å²) in [7, 11) is 0. The second-order valence-corrected chi connectivity index (χ2v) is 5.87. The average Bonchev–Trinajstić information content (AvgIpc) is 2.46. The van der Waals surface area contributed by atoms with Crippen molar-refractivity contribution in [2.24, 2.45) is 0 Å². The van der Waals surface area contributed by atoms with Gasteiger partial charge in [-0.15, -0.1) is 0 Å². The molecule has 0 bridgehead atoms. The van der Waals surface area contributed by atoms with Crippen LogP contribution in [0.4, 0.5) is 5.69 Å². The minimum absolute atomic E-state index is 0.0118. The molecule has 0 spiro atoms. The van der Waals surface area contributed by atoms with E-state index in [9.17, 15) is 9.59 Å². The van der Waals surface area contributed by atoms with Crippen molar-refractivity contribution < 1.29 is 14.3 Å². The molecule has 2 heterocycles. The lowest BCUT2D eigenvalue weighted by Crippen LogP contribution is -2.36. The van der Waals surface area contributed by atoms with Gasteiger partial charge in [0.15, 0.2) is 5.78 Å². The summed E-state index contributed by atoms with van der Waals surface area (Å²) in [5.74, 6) is 0.231. The number of carbonyl (C=O) groups is 2. The van der Waals surface area contributed by atoms with Gasteiger partial charge >= 0.3 is 0 Å². The Morgan fingerprint density at radius 2 is 2.14 bits per heavy atom. The van der Waals surface area contributed by atoms with Crippen LogP contribution in [0, 0.1) is 0 Å². The molecular formula is C17H16N2O3. The number of hydrogen-bond donors (Lipinski definition) is 1. The van der Waals surface area contributed by atoms with Crippen LogP contribution in [-0.4, -0.2) is 22.3 Å². The molecule has 5 heteroatoms. The lowest BCUT2D eigenvalue weighted by atomic mass is 9.92. The standard InChI is InChI=1S/C17H16N2O3/c1-17(2)9-14(20)13-8-11(5-6-15(13)22-17)16(21)19-12-4-3-7-18-10-12/h3-8,10H,9H2,1-2H3,(H,19,21). The number of anilines is 1. The van der Waals surface area contributed by atoms with E-state index in [1.165, 1.54) is 0 Å². The van der Waals surface area contributed by atoms with Crippen LogP contribution < -0.4 is 10.1 Å². The summed E-state index contributed by atoms with van der Waals surface area (Å²) in [5, 5.41) is 2.74. The molecule has 1 amide bonds. The van der Waals surface area contributed by atoms with Crippen molar-refractivity contribution in [3.05, 3.63) is 53.9 Å². The monoisotopic (exact) mass is 296 g/mol. The Hall–Kier alpha value is -2.69. The number of ether oxygens (including phenoxy) is 1. The fraction of sp³-hybridized carbons (Fsp3) is 0.235. The molecule has 2 aromatic rings. The van der Waals surface area contributed by atoms with Gasteiger partial charge in [-0.25, -0.2) is 0 Å². The van der Waals surface area contributed by atoms with E-state index in [4.69, 9.17) is 4.74 Å². The van der Waals surface area contributed by atoms with Crippen molar-refractivity contribution in [2.75, 3.05) is 5.32 Å². The van der Waals surface area contributed by atoms with Crippen LogP contribution in [0.2, 0.25) is 0 Å². The molecule has 0 fully saturated rings. The van der Waals surface area contributed by atoms with E-state index in [-0.39, 0.29) is 11.7 Å². The average molecular weight is 296 g/mol. The highest BCUT2D eigenvalue weighted by Crippen LogP contribution is 2.33.